The quantitative estimate of drug-likeness (QED) is 0.713. The summed E-state index contributed by atoms with van der Waals surface area (Å²) in [5.74, 6) is -0.582. The number of β-amino-alcohol motifs (C(OH)–C–C–N with tert-alkyl or cyclic N) is 1. The minimum atomic E-state index is -1.29. The Hall–Kier alpha value is -0.650. The van der Waals surface area contributed by atoms with Gasteiger partial charge in [0.1, 0.15) is 0 Å². The van der Waals surface area contributed by atoms with E-state index in [1.54, 1.807) is 0 Å². The molecule has 2 aliphatic rings. The molecule has 2 aliphatic heterocycles. The third kappa shape index (κ3) is 3.43. The van der Waals surface area contributed by atoms with Crippen molar-refractivity contribution in [3.63, 3.8) is 0 Å². The van der Waals surface area contributed by atoms with Crippen LogP contribution < -0.4 is 5.73 Å². The number of likely N-dealkylation sites (tertiary alicyclic amines) is 2. The molecule has 18 heavy (non-hydrogen) atoms. The largest absolute Gasteiger partial charge is 0.379 e. The first-order chi connectivity index (χ1) is 8.60. The Morgan fingerprint density at radius 2 is 1.78 bits per heavy atom. The van der Waals surface area contributed by atoms with Crippen molar-refractivity contribution in [2.24, 2.45) is 5.73 Å². The minimum absolute atomic E-state index is 0.405. The first-order valence-corrected chi connectivity index (χ1v) is 7.07. The second-order valence-corrected chi connectivity index (χ2v) is 5.68. The summed E-state index contributed by atoms with van der Waals surface area (Å²) in [6, 6.07) is 0. The van der Waals surface area contributed by atoms with E-state index in [0.29, 0.717) is 13.0 Å². The van der Waals surface area contributed by atoms with Gasteiger partial charge in [0.15, 0.2) is 5.60 Å². The summed E-state index contributed by atoms with van der Waals surface area (Å²) in [6.45, 7) is 5.72. The molecule has 104 valence electrons. The molecule has 0 radical (unpaired) electrons. The Bertz CT molecular complexity index is 292. The highest BCUT2D eigenvalue weighted by molar-refractivity contribution is 5.83. The average Bonchev–Trinajstić information content (AvgIpc) is 2.74. The number of primary amides is 1. The maximum atomic E-state index is 11.1. The van der Waals surface area contributed by atoms with Gasteiger partial charge in [-0.3, -0.25) is 9.69 Å². The van der Waals surface area contributed by atoms with E-state index >= 15 is 0 Å². The second-order valence-electron chi connectivity index (χ2n) is 5.68. The molecule has 2 rings (SSSR count). The Balaban J connectivity index is 1.64. The molecule has 0 aromatic heterocycles. The Kier molecular flexibility index (Phi) is 4.59. The first kappa shape index (κ1) is 13.8. The highest BCUT2D eigenvalue weighted by Crippen LogP contribution is 2.20. The molecular weight excluding hydrogens is 230 g/mol. The van der Waals surface area contributed by atoms with Crippen molar-refractivity contribution >= 4 is 5.91 Å². The van der Waals surface area contributed by atoms with E-state index < -0.39 is 11.5 Å². The molecule has 3 N–H and O–H groups in total. The smallest absolute Gasteiger partial charge is 0.250 e. The number of carbonyl (C=O) groups is 1. The highest BCUT2D eigenvalue weighted by atomic mass is 16.3. The number of rotatable bonds is 5. The van der Waals surface area contributed by atoms with E-state index in [1.807, 2.05) is 0 Å². The van der Waals surface area contributed by atoms with Crippen LogP contribution in [-0.2, 0) is 4.79 Å². The Morgan fingerprint density at radius 1 is 1.11 bits per heavy atom. The summed E-state index contributed by atoms with van der Waals surface area (Å²) in [4.78, 5) is 15.8. The van der Waals surface area contributed by atoms with Crippen LogP contribution in [0, 0.1) is 0 Å². The van der Waals surface area contributed by atoms with Crippen molar-refractivity contribution in [1.29, 1.82) is 0 Å². The number of nitrogens with zero attached hydrogens (tertiary/aromatic N) is 2. The van der Waals surface area contributed by atoms with Gasteiger partial charge in [0.2, 0.25) is 0 Å². The lowest BCUT2D eigenvalue weighted by Crippen LogP contribution is -2.46. The number of aliphatic hydroxyl groups is 1. The Labute approximate surface area is 109 Å². The van der Waals surface area contributed by atoms with Gasteiger partial charge in [0.25, 0.3) is 5.91 Å². The van der Waals surface area contributed by atoms with Crippen LogP contribution >= 0.6 is 0 Å². The third-order valence-electron chi connectivity index (χ3n) is 4.18. The van der Waals surface area contributed by atoms with E-state index in [1.165, 1.54) is 32.4 Å². The summed E-state index contributed by atoms with van der Waals surface area (Å²) in [6.07, 6.45) is 5.60. The zero-order chi connectivity index (χ0) is 13.0. The SMILES string of the molecule is NC(=O)C1(O)CCN(CCCN2CCCCC2)C1. The molecule has 2 heterocycles. The van der Waals surface area contributed by atoms with Crippen molar-refractivity contribution in [2.45, 2.75) is 37.7 Å². The third-order valence-corrected chi connectivity index (χ3v) is 4.18. The van der Waals surface area contributed by atoms with E-state index in [2.05, 4.69) is 9.80 Å². The minimum Gasteiger partial charge on any atom is -0.379 e. The predicted octanol–water partition coefficient (Wildman–Crippen LogP) is -0.215. The molecule has 5 nitrogen and oxygen atoms in total. The fourth-order valence-corrected chi connectivity index (χ4v) is 2.96. The summed E-state index contributed by atoms with van der Waals surface area (Å²) >= 11 is 0. The fraction of sp³-hybridized carbons (Fsp3) is 0.923. The second kappa shape index (κ2) is 5.99. The van der Waals surface area contributed by atoms with Crippen LogP contribution in [0.1, 0.15) is 32.1 Å². The standard InChI is InChI=1S/C13H25N3O2/c14-12(17)13(18)5-10-16(11-13)9-4-8-15-6-2-1-3-7-15/h18H,1-11H2,(H2,14,17). The normalized spacial score (nSPS) is 30.7. The Morgan fingerprint density at radius 3 is 2.39 bits per heavy atom. The molecule has 2 fully saturated rings. The van der Waals surface area contributed by atoms with Crippen LogP contribution in [0.4, 0.5) is 0 Å². The molecule has 2 saturated heterocycles. The number of piperidine rings is 1. The van der Waals surface area contributed by atoms with Gasteiger partial charge in [-0.05, 0) is 51.9 Å². The van der Waals surface area contributed by atoms with Crippen molar-refractivity contribution < 1.29 is 9.90 Å². The van der Waals surface area contributed by atoms with Crippen LogP contribution in [0.15, 0.2) is 0 Å². The predicted molar refractivity (Wildman–Crippen MR) is 70.1 cm³/mol. The molecule has 1 unspecified atom stereocenters. The molecule has 5 heteroatoms. The van der Waals surface area contributed by atoms with Gasteiger partial charge in [-0.25, -0.2) is 0 Å². The van der Waals surface area contributed by atoms with Gasteiger partial charge >= 0.3 is 0 Å². The lowest BCUT2D eigenvalue weighted by atomic mass is 10.0. The van der Waals surface area contributed by atoms with E-state index in [0.717, 1.165) is 26.1 Å². The van der Waals surface area contributed by atoms with E-state index in [-0.39, 0.29) is 0 Å². The average molecular weight is 255 g/mol. The number of hydrogen-bond acceptors (Lipinski definition) is 4. The number of hydrogen-bond donors (Lipinski definition) is 2. The summed E-state index contributed by atoms with van der Waals surface area (Å²) in [5.41, 5.74) is 3.93. The van der Waals surface area contributed by atoms with Gasteiger partial charge in [-0.1, -0.05) is 6.42 Å². The van der Waals surface area contributed by atoms with Gasteiger partial charge in [0, 0.05) is 13.1 Å². The molecule has 0 aromatic carbocycles. The number of carbonyl (C=O) groups excluding carboxylic acids is 1. The maximum absolute atomic E-state index is 11.1. The summed E-state index contributed by atoms with van der Waals surface area (Å²) in [7, 11) is 0. The van der Waals surface area contributed by atoms with E-state index in [4.69, 9.17) is 5.73 Å². The topological polar surface area (TPSA) is 69.8 Å². The first-order valence-electron chi connectivity index (χ1n) is 7.07. The lowest BCUT2D eigenvalue weighted by molar-refractivity contribution is -0.134. The van der Waals surface area contributed by atoms with Crippen molar-refractivity contribution in [1.82, 2.24) is 9.80 Å². The van der Waals surface area contributed by atoms with Crippen LogP contribution in [0.3, 0.4) is 0 Å². The zero-order valence-corrected chi connectivity index (χ0v) is 11.1. The van der Waals surface area contributed by atoms with Crippen molar-refractivity contribution in [2.75, 3.05) is 39.3 Å². The molecule has 1 amide bonds. The molecular formula is C13H25N3O2. The fourth-order valence-electron chi connectivity index (χ4n) is 2.96. The monoisotopic (exact) mass is 255 g/mol. The van der Waals surface area contributed by atoms with E-state index in [9.17, 15) is 9.90 Å². The zero-order valence-electron chi connectivity index (χ0n) is 11.1. The van der Waals surface area contributed by atoms with Crippen LogP contribution in [0.2, 0.25) is 0 Å². The molecule has 0 spiro atoms. The lowest BCUT2D eigenvalue weighted by Gasteiger charge is -2.27. The maximum Gasteiger partial charge on any atom is 0.250 e. The molecule has 0 aliphatic carbocycles. The molecule has 0 bridgehead atoms. The summed E-state index contributed by atoms with van der Waals surface area (Å²) in [5, 5.41) is 9.96. The van der Waals surface area contributed by atoms with Crippen LogP contribution in [-0.4, -0.2) is 65.7 Å². The van der Waals surface area contributed by atoms with Gasteiger partial charge < -0.3 is 15.7 Å². The van der Waals surface area contributed by atoms with Crippen molar-refractivity contribution in [3.8, 4) is 0 Å². The number of amides is 1. The van der Waals surface area contributed by atoms with Crippen molar-refractivity contribution in [3.05, 3.63) is 0 Å². The van der Waals surface area contributed by atoms with Gasteiger partial charge in [0.05, 0.1) is 0 Å². The van der Waals surface area contributed by atoms with Crippen LogP contribution in [0.5, 0.6) is 0 Å². The highest BCUT2D eigenvalue weighted by Gasteiger charge is 2.40. The van der Waals surface area contributed by atoms with Crippen LogP contribution in [0.25, 0.3) is 0 Å². The van der Waals surface area contributed by atoms with Gasteiger partial charge in [-0.15, -0.1) is 0 Å². The molecule has 0 saturated carbocycles. The number of nitrogens with two attached hydrogens (primary N) is 1. The van der Waals surface area contributed by atoms with Gasteiger partial charge in [-0.2, -0.15) is 0 Å². The molecule has 0 aromatic rings. The summed E-state index contributed by atoms with van der Waals surface area (Å²) < 4.78 is 0. The molecule has 1 atom stereocenters.